The number of hydrogen-bond acceptors (Lipinski definition) is 1. The van der Waals surface area contributed by atoms with Crippen LogP contribution in [-0.4, -0.2) is 11.9 Å². The van der Waals surface area contributed by atoms with E-state index in [9.17, 15) is 4.57 Å². The van der Waals surface area contributed by atoms with E-state index in [1.807, 2.05) is 13.8 Å². The van der Waals surface area contributed by atoms with Gasteiger partial charge in [0, 0.05) is 6.66 Å². The summed E-state index contributed by atoms with van der Waals surface area (Å²) in [5.74, 6) is 0. The minimum Gasteiger partial charge on any atom is -0.305 e. The predicted octanol–water partition coefficient (Wildman–Crippen LogP) is 1.23. The minimum atomic E-state index is -1.84. The fourth-order valence-electron chi connectivity index (χ4n) is 0.497. The molecule has 0 saturated carbocycles. The highest BCUT2D eigenvalue weighted by Crippen LogP contribution is 2.65. The van der Waals surface area contributed by atoms with E-state index in [1.165, 1.54) is 0 Å². The van der Waals surface area contributed by atoms with Crippen molar-refractivity contribution in [1.82, 2.24) is 5.09 Å². The lowest BCUT2D eigenvalue weighted by molar-refractivity contribution is 0.586. The first kappa shape index (κ1) is 5.33. The highest BCUT2D eigenvalue weighted by Gasteiger charge is 2.53. The lowest BCUT2D eigenvalue weighted by atomic mass is 10.4. The Kier molecular flexibility index (Phi) is 0.730. The van der Waals surface area contributed by atoms with Gasteiger partial charge in [-0.2, -0.15) is 0 Å². The van der Waals surface area contributed by atoms with Gasteiger partial charge in [-0.3, -0.25) is 5.09 Å². The lowest BCUT2D eigenvalue weighted by Crippen LogP contribution is -1.97. The van der Waals surface area contributed by atoms with Gasteiger partial charge in [-0.15, -0.1) is 0 Å². The van der Waals surface area contributed by atoms with Crippen molar-refractivity contribution in [2.75, 3.05) is 6.66 Å². The van der Waals surface area contributed by atoms with E-state index in [4.69, 9.17) is 0 Å². The standard InChI is InChI=1S/C4H10NOP/c1-4(2)5-7(4,3)6/h1-3H3,(H,5,6). The van der Waals surface area contributed by atoms with Crippen molar-refractivity contribution < 1.29 is 4.57 Å². The van der Waals surface area contributed by atoms with Crippen molar-refractivity contribution >= 4 is 7.29 Å². The van der Waals surface area contributed by atoms with E-state index in [2.05, 4.69) is 5.09 Å². The van der Waals surface area contributed by atoms with Crippen molar-refractivity contribution in [2.45, 2.75) is 19.1 Å². The second-order valence-electron chi connectivity index (χ2n) is 2.59. The van der Waals surface area contributed by atoms with E-state index < -0.39 is 7.29 Å². The van der Waals surface area contributed by atoms with Gasteiger partial charge < -0.3 is 4.57 Å². The highest BCUT2D eigenvalue weighted by atomic mass is 31.2. The monoisotopic (exact) mass is 119 g/mol. The zero-order chi connectivity index (χ0) is 5.71. The van der Waals surface area contributed by atoms with Crippen molar-refractivity contribution in [2.24, 2.45) is 0 Å². The van der Waals surface area contributed by atoms with Crippen molar-refractivity contribution in [3.05, 3.63) is 0 Å². The van der Waals surface area contributed by atoms with Gasteiger partial charge in [0.1, 0.15) is 0 Å². The highest BCUT2D eigenvalue weighted by molar-refractivity contribution is 7.69. The van der Waals surface area contributed by atoms with Crippen LogP contribution in [0.4, 0.5) is 0 Å². The summed E-state index contributed by atoms with van der Waals surface area (Å²) in [5, 5.41) is 2.85. The summed E-state index contributed by atoms with van der Waals surface area (Å²) in [6, 6.07) is 0. The van der Waals surface area contributed by atoms with Gasteiger partial charge in [0.2, 0.25) is 0 Å². The fourth-order valence-corrected chi connectivity index (χ4v) is 1.91. The third-order valence-corrected chi connectivity index (χ3v) is 4.51. The van der Waals surface area contributed by atoms with Gasteiger partial charge >= 0.3 is 0 Å². The van der Waals surface area contributed by atoms with Gasteiger partial charge in [0.15, 0.2) is 7.29 Å². The Bertz CT molecular complexity index is 141. The van der Waals surface area contributed by atoms with Gasteiger partial charge in [-0.25, -0.2) is 0 Å². The molecule has 1 unspecified atom stereocenters. The molecule has 3 heteroatoms. The SMILES string of the molecule is CC1(C)NP1(C)=O. The van der Waals surface area contributed by atoms with Gasteiger partial charge in [0.25, 0.3) is 0 Å². The van der Waals surface area contributed by atoms with Crippen LogP contribution < -0.4 is 5.09 Å². The van der Waals surface area contributed by atoms with Crippen molar-refractivity contribution in [1.29, 1.82) is 0 Å². The first-order valence-corrected chi connectivity index (χ1v) is 4.48. The zero-order valence-electron chi connectivity index (χ0n) is 4.86. The molecule has 0 aromatic rings. The normalized spacial score (nSPS) is 46.1. The second-order valence-corrected chi connectivity index (χ2v) is 5.78. The van der Waals surface area contributed by atoms with Crippen LogP contribution in [0, 0.1) is 0 Å². The largest absolute Gasteiger partial charge is 0.305 e. The van der Waals surface area contributed by atoms with Crippen LogP contribution in [0.2, 0.25) is 0 Å². The van der Waals surface area contributed by atoms with Gasteiger partial charge in [-0.1, -0.05) is 0 Å². The fraction of sp³-hybridized carbons (Fsp3) is 1.00. The van der Waals surface area contributed by atoms with Crippen LogP contribution in [0.5, 0.6) is 0 Å². The molecule has 0 spiro atoms. The Morgan fingerprint density at radius 3 is 1.71 bits per heavy atom. The first-order valence-electron chi connectivity index (χ1n) is 2.33. The topological polar surface area (TPSA) is 39.0 Å². The Labute approximate surface area is 43.7 Å². The Morgan fingerprint density at radius 2 is 1.71 bits per heavy atom. The van der Waals surface area contributed by atoms with E-state index in [0.29, 0.717) is 0 Å². The minimum absolute atomic E-state index is 0.0486. The Hall–Kier alpha value is 0.190. The molecule has 1 heterocycles. The molecule has 0 amide bonds. The molecule has 1 atom stereocenters. The molecule has 2 nitrogen and oxygen atoms in total. The molecule has 7 heavy (non-hydrogen) atoms. The molecule has 42 valence electrons. The zero-order valence-corrected chi connectivity index (χ0v) is 5.75. The van der Waals surface area contributed by atoms with Gasteiger partial charge in [0.05, 0.1) is 5.28 Å². The molecular weight excluding hydrogens is 109 g/mol. The summed E-state index contributed by atoms with van der Waals surface area (Å²) in [6.07, 6.45) is 0. The average Bonchev–Trinajstić information content (AvgIpc) is 1.63. The summed E-state index contributed by atoms with van der Waals surface area (Å²) < 4.78 is 10.9. The molecule has 0 aromatic carbocycles. The third kappa shape index (κ3) is 0.625. The van der Waals surface area contributed by atoms with Crippen molar-refractivity contribution in [3.63, 3.8) is 0 Å². The summed E-state index contributed by atoms with van der Waals surface area (Å²) in [6.45, 7) is 5.68. The van der Waals surface area contributed by atoms with Crippen LogP contribution in [0.25, 0.3) is 0 Å². The van der Waals surface area contributed by atoms with Crippen molar-refractivity contribution in [3.8, 4) is 0 Å². The first-order chi connectivity index (χ1) is 2.96. The maximum atomic E-state index is 10.9. The number of nitrogens with one attached hydrogen (secondary N) is 1. The molecule has 1 N–H and O–H groups in total. The maximum Gasteiger partial charge on any atom is 0.164 e. The number of rotatable bonds is 0. The summed E-state index contributed by atoms with van der Waals surface area (Å²) in [4.78, 5) is 0. The molecule has 1 aliphatic rings. The number of hydrogen-bond donors (Lipinski definition) is 1. The van der Waals surface area contributed by atoms with Crippen LogP contribution in [0.1, 0.15) is 13.8 Å². The molecular formula is C4H10NOP. The molecule has 1 aliphatic heterocycles. The molecule has 0 bridgehead atoms. The van der Waals surface area contributed by atoms with E-state index >= 15 is 0 Å². The average molecular weight is 119 g/mol. The predicted molar refractivity (Wildman–Crippen MR) is 30.7 cm³/mol. The van der Waals surface area contributed by atoms with Crippen LogP contribution in [-0.2, 0) is 4.57 Å². The third-order valence-electron chi connectivity index (χ3n) is 1.50. The van der Waals surface area contributed by atoms with E-state index in [0.717, 1.165) is 0 Å². The summed E-state index contributed by atoms with van der Waals surface area (Å²) in [7, 11) is -1.84. The lowest BCUT2D eigenvalue weighted by Gasteiger charge is -1.88. The molecule has 1 rings (SSSR count). The molecule has 1 fully saturated rings. The second kappa shape index (κ2) is 0.958. The molecule has 0 aliphatic carbocycles. The Balaban J connectivity index is 2.78. The van der Waals surface area contributed by atoms with Crippen LogP contribution >= 0.6 is 7.29 Å². The molecule has 0 radical (unpaired) electrons. The summed E-state index contributed by atoms with van der Waals surface area (Å²) >= 11 is 0. The quantitative estimate of drug-likeness (QED) is 0.384. The van der Waals surface area contributed by atoms with Gasteiger partial charge in [-0.05, 0) is 13.8 Å². The summed E-state index contributed by atoms with van der Waals surface area (Å²) in [5.41, 5.74) is 0. The van der Waals surface area contributed by atoms with Crippen LogP contribution in [0.3, 0.4) is 0 Å². The Morgan fingerprint density at radius 1 is 1.57 bits per heavy atom. The smallest absolute Gasteiger partial charge is 0.164 e. The molecule has 0 aromatic heterocycles. The molecule has 1 saturated heterocycles. The van der Waals surface area contributed by atoms with Crippen LogP contribution in [0.15, 0.2) is 0 Å². The van der Waals surface area contributed by atoms with E-state index in [-0.39, 0.29) is 5.28 Å². The maximum absolute atomic E-state index is 10.9. The van der Waals surface area contributed by atoms with E-state index in [1.54, 1.807) is 6.66 Å².